The van der Waals surface area contributed by atoms with Crippen molar-refractivity contribution in [2.45, 2.75) is 32.9 Å². The third-order valence-corrected chi connectivity index (χ3v) is 3.51. The lowest BCUT2D eigenvalue weighted by atomic mass is 9.99. The van der Waals surface area contributed by atoms with E-state index in [0.29, 0.717) is 5.56 Å². The first-order chi connectivity index (χ1) is 9.38. The molecule has 6 nitrogen and oxygen atoms in total. The first-order valence-corrected chi connectivity index (χ1v) is 6.61. The molecule has 0 saturated carbocycles. The van der Waals surface area contributed by atoms with Gasteiger partial charge < -0.3 is 10.6 Å². The highest BCUT2D eigenvalue weighted by atomic mass is 16.6. The van der Waals surface area contributed by atoms with E-state index in [2.05, 4.69) is 0 Å². The van der Waals surface area contributed by atoms with Gasteiger partial charge in [0.05, 0.1) is 17.5 Å². The van der Waals surface area contributed by atoms with Crippen LogP contribution in [0.1, 0.15) is 25.8 Å². The molecule has 0 bridgehead atoms. The minimum absolute atomic E-state index is 0.0178. The molecule has 0 aliphatic carbocycles. The molecule has 0 radical (unpaired) electrons. The van der Waals surface area contributed by atoms with Crippen LogP contribution in [0.5, 0.6) is 0 Å². The number of carbonyl (C=O) groups is 1. The van der Waals surface area contributed by atoms with Gasteiger partial charge >= 0.3 is 0 Å². The van der Waals surface area contributed by atoms with E-state index in [1.54, 1.807) is 25.2 Å². The van der Waals surface area contributed by atoms with Crippen LogP contribution in [0.4, 0.5) is 5.69 Å². The van der Waals surface area contributed by atoms with Gasteiger partial charge in [0.2, 0.25) is 5.91 Å². The normalized spacial score (nSPS) is 13.6. The maximum Gasteiger partial charge on any atom is 0.274 e. The van der Waals surface area contributed by atoms with Crippen LogP contribution < -0.4 is 5.73 Å². The summed E-state index contributed by atoms with van der Waals surface area (Å²) in [4.78, 5) is 24.1. The maximum atomic E-state index is 12.2. The number of hydrogen-bond acceptors (Lipinski definition) is 4. The van der Waals surface area contributed by atoms with Crippen LogP contribution in [-0.2, 0) is 11.3 Å². The lowest BCUT2D eigenvalue weighted by Crippen LogP contribution is -2.45. The average Bonchev–Trinajstić information content (AvgIpc) is 2.45. The number of likely N-dealkylation sites (N-methyl/N-ethyl adjacent to an activating group) is 1. The molecule has 1 rings (SSSR count). The fourth-order valence-electron chi connectivity index (χ4n) is 1.91. The minimum atomic E-state index is -0.576. The predicted octanol–water partition coefficient (Wildman–Crippen LogP) is 1.93. The molecule has 0 aromatic heterocycles. The van der Waals surface area contributed by atoms with Crippen molar-refractivity contribution in [1.82, 2.24) is 4.90 Å². The molecule has 110 valence electrons. The van der Waals surface area contributed by atoms with Crippen molar-refractivity contribution < 1.29 is 9.72 Å². The highest BCUT2D eigenvalue weighted by Gasteiger charge is 2.24. The van der Waals surface area contributed by atoms with Crippen molar-refractivity contribution in [2.24, 2.45) is 11.7 Å². The minimum Gasteiger partial charge on any atom is -0.340 e. The molecule has 0 aliphatic rings. The van der Waals surface area contributed by atoms with E-state index in [4.69, 9.17) is 5.73 Å². The van der Waals surface area contributed by atoms with Gasteiger partial charge in [-0.15, -0.1) is 0 Å². The van der Waals surface area contributed by atoms with Crippen molar-refractivity contribution >= 4 is 11.6 Å². The quantitative estimate of drug-likeness (QED) is 0.636. The fourth-order valence-corrected chi connectivity index (χ4v) is 1.91. The van der Waals surface area contributed by atoms with E-state index in [0.717, 1.165) is 6.42 Å². The molecule has 1 aromatic carbocycles. The third-order valence-electron chi connectivity index (χ3n) is 3.51. The maximum absolute atomic E-state index is 12.2. The molecular weight excluding hydrogens is 258 g/mol. The number of hydrogen-bond donors (Lipinski definition) is 1. The second-order valence-corrected chi connectivity index (χ2v) is 4.99. The Hall–Kier alpha value is -1.95. The number of nitrogens with two attached hydrogens (primary N) is 1. The number of nitrogens with zero attached hydrogens (tertiary/aromatic N) is 2. The zero-order valence-corrected chi connectivity index (χ0v) is 12.1. The lowest BCUT2D eigenvalue weighted by Gasteiger charge is -2.24. The number of nitro groups is 1. The van der Waals surface area contributed by atoms with Crippen LogP contribution >= 0.6 is 0 Å². The van der Waals surface area contributed by atoms with Gasteiger partial charge in [0.25, 0.3) is 5.69 Å². The first-order valence-electron chi connectivity index (χ1n) is 6.61. The lowest BCUT2D eigenvalue weighted by molar-refractivity contribution is -0.385. The zero-order chi connectivity index (χ0) is 15.3. The SMILES string of the molecule is CCC(C)C(N)C(=O)N(C)Cc1ccccc1[N+](=O)[O-]. The molecule has 20 heavy (non-hydrogen) atoms. The summed E-state index contributed by atoms with van der Waals surface area (Å²) in [6.07, 6.45) is 0.812. The van der Waals surface area contributed by atoms with Crippen molar-refractivity contribution in [3.63, 3.8) is 0 Å². The number of carbonyl (C=O) groups excluding carboxylic acids is 1. The van der Waals surface area contributed by atoms with E-state index in [1.807, 2.05) is 13.8 Å². The van der Waals surface area contributed by atoms with Crippen LogP contribution in [0, 0.1) is 16.0 Å². The van der Waals surface area contributed by atoms with Gasteiger partial charge in [-0.2, -0.15) is 0 Å². The van der Waals surface area contributed by atoms with E-state index in [1.165, 1.54) is 11.0 Å². The monoisotopic (exact) mass is 279 g/mol. The summed E-state index contributed by atoms with van der Waals surface area (Å²) >= 11 is 0. The first kappa shape index (κ1) is 16.1. The molecule has 1 amide bonds. The summed E-state index contributed by atoms with van der Waals surface area (Å²) in [7, 11) is 1.61. The summed E-state index contributed by atoms with van der Waals surface area (Å²) in [5.41, 5.74) is 6.42. The number of amides is 1. The van der Waals surface area contributed by atoms with Crippen LogP contribution in [-0.4, -0.2) is 28.8 Å². The topological polar surface area (TPSA) is 89.5 Å². The Bertz CT molecular complexity index is 490. The summed E-state index contributed by atoms with van der Waals surface area (Å²) < 4.78 is 0. The molecule has 0 aliphatic heterocycles. The van der Waals surface area contributed by atoms with Gasteiger partial charge in [0.15, 0.2) is 0 Å². The number of nitro benzene ring substituents is 1. The molecule has 0 saturated heterocycles. The summed E-state index contributed by atoms with van der Waals surface area (Å²) in [6, 6.07) is 5.83. The number of para-hydroxylation sites is 1. The zero-order valence-electron chi connectivity index (χ0n) is 12.1. The second kappa shape index (κ2) is 7.00. The molecule has 0 heterocycles. The van der Waals surface area contributed by atoms with Gasteiger partial charge in [-0.1, -0.05) is 38.5 Å². The molecule has 6 heteroatoms. The van der Waals surface area contributed by atoms with E-state index in [-0.39, 0.29) is 24.1 Å². The Kier molecular flexibility index (Phi) is 5.64. The van der Waals surface area contributed by atoms with Crippen LogP contribution in [0.25, 0.3) is 0 Å². The van der Waals surface area contributed by atoms with Crippen molar-refractivity contribution in [2.75, 3.05) is 7.05 Å². The highest BCUT2D eigenvalue weighted by molar-refractivity contribution is 5.81. The van der Waals surface area contributed by atoms with Crippen molar-refractivity contribution in [3.05, 3.63) is 39.9 Å². The van der Waals surface area contributed by atoms with Gasteiger partial charge in [-0.3, -0.25) is 14.9 Å². The number of benzene rings is 1. The summed E-state index contributed by atoms with van der Waals surface area (Å²) in [6.45, 7) is 4.07. The second-order valence-electron chi connectivity index (χ2n) is 4.99. The van der Waals surface area contributed by atoms with Gasteiger partial charge in [0.1, 0.15) is 0 Å². The Morgan fingerprint density at radius 2 is 2.05 bits per heavy atom. The number of rotatable bonds is 6. The van der Waals surface area contributed by atoms with Gasteiger partial charge in [-0.25, -0.2) is 0 Å². The van der Waals surface area contributed by atoms with Crippen molar-refractivity contribution in [1.29, 1.82) is 0 Å². The molecular formula is C14H21N3O3. The molecule has 2 unspecified atom stereocenters. The third kappa shape index (κ3) is 3.77. The largest absolute Gasteiger partial charge is 0.340 e. The molecule has 2 atom stereocenters. The predicted molar refractivity (Wildman–Crippen MR) is 77.0 cm³/mol. The Morgan fingerprint density at radius 1 is 1.45 bits per heavy atom. The smallest absolute Gasteiger partial charge is 0.274 e. The molecule has 0 fully saturated rings. The van der Waals surface area contributed by atoms with E-state index >= 15 is 0 Å². The Labute approximate surface area is 118 Å². The standard InChI is InChI=1S/C14H21N3O3/c1-4-10(2)13(15)14(18)16(3)9-11-7-5-6-8-12(11)17(19)20/h5-8,10,13H,4,9,15H2,1-3H3. The molecule has 2 N–H and O–H groups in total. The van der Waals surface area contributed by atoms with E-state index < -0.39 is 11.0 Å². The van der Waals surface area contributed by atoms with Crippen molar-refractivity contribution in [3.8, 4) is 0 Å². The Balaban J connectivity index is 2.83. The van der Waals surface area contributed by atoms with E-state index in [9.17, 15) is 14.9 Å². The molecule has 0 spiro atoms. The Morgan fingerprint density at radius 3 is 2.60 bits per heavy atom. The van der Waals surface area contributed by atoms with Gasteiger partial charge in [0, 0.05) is 18.7 Å². The molecule has 1 aromatic rings. The van der Waals surface area contributed by atoms with Crippen LogP contribution in [0.2, 0.25) is 0 Å². The summed E-state index contributed by atoms with van der Waals surface area (Å²) in [5, 5.41) is 10.9. The van der Waals surface area contributed by atoms with Gasteiger partial charge in [-0.05, 0) is 5.92 Å². The van der Waals surface area contributed by atoms with Crippen LogP contribution in [0.15, 0.2) is 24.3 Å². The summed E-state index contributed by atoms with van der Waals surface area (Å²) in [5.74, 6) is -0.117. The average molecular weight is 279 g/mol. The highest BCUT2D eigenvalue weighted by Crippen LogP contribution is 2.19. The fraction of sp³-hybridized carbons (Fsp3) is 0.500. The van der Waals surface area contributed by atoms with Crippen LogP contribution in [0.3, 0.4) is 0 Å².